The SMILES string of the molecule is Nc1cc(Br)ccc1SCC(=O)NCCCC(=O)O. The minimum absolute atomic E-state index is 0.0626. The smallest absolute Gasteiger partial charge is 0.303 e. The number of benzene rings is 1. The summed E-state index contributed by atoms with van der Waals surface area (Å²) in [6, 6.07) is 5.50. The number of halogens is 1. The zero-order valence-corrected chi connectivity index (χ0v) is 12.6. The van der Waals surface area contributed by atoms with Gasteiger partial charge in [-0.15, -0.1) is 11.8 Å². The lowest BCUT2D eigenvalue weighted by Crippen LogP contribution is -2.26. The largest absolute Gasteiger partial charge is 0.481 e. The molecule has 1 rings (SSSR count). The third kappa shape index (κ3) is 6.49. The molecule has 0 aromatic heterocycles. The van der Waals surface area contributed by atoms with Crippen LogP contribution in [-0.4, -0.2) is 29.3 Å². The monoisotopic (exact) mass is 346 g/mol. The minimum Gasteiger partial charge on any atom is -0.481 e. The van der Waals surface area contributed by atoms with Gasteiger partial charge >= 0.3 is 5.97 Å². The molecule has 0 radical (unpaired) electrons. The Kier molecular flexibility index (Phi) is 6.72. The molecule has 0 saturated heterocycles. The van der Waals surface area contributed by atoms with Gasteiger partial charge in [-0.3, -0.25) is 9.59 Å². The summed E-state index contributed by atoms with van der Waals surface area (Å²) in [5.41, 5.74) is 6.44. The molecule has 0 aliphatic heterocycles. The Balaban J connectivity index is 2.28. The highest BCUT2D eigenvalue weighted by atomic mass is 79.9. The van der Waals surface area contributed by atoms with Crippen molar-refractivity contribution >= 4 is 45.3 Å². The van der Waals surface area contributed by atoms with Crippen LogP contribution in [0.3, 0.4) is 0 Å². The zero-order chi connectivity index (χ0) is 14.3. The predicted octanol–water partition coefficient (Wildman–Crippen LogP) is 2.10. The minimum atomic E-state index is -0.855. The number of aliphatic carboxylic acids is 1. The fourth-order valence-corrected chi connectivity index (χ4v) is 2.47. The molecule has 7 heteroatoms. The summed E-state index contributed by atoms with van der Waals surface area (Å²) >= 11 is 4.67. The quantitative estimate of drug-likeness (QED) is 0.399. The number of carboxylic acids is 1. The first-order chi connectivity index (χ1) is 8.99. The van der Waals surface area contributed by atoms with Gasteiger partial charge in [0.05, 0.1) is 5.75 Å². The third-order valence-corrected chi connectivity index (χ3v) is 3.80. The van der Waals surface area contributed by atoms with Gasteiger partial charge in [-0.1, -0.05) is 15.9 Å². The Labute approximate surface area is 124 Å². The lowest BCUT2D eigenvalue weighted by Gasteiger charge is -2.06. The van der Waals surface area contributed by atoms with Crippen LogP contribution >= 0.6 is 27.7 Å². The first-order valence-corrected chi connectivity index (χ1v) is 7.43. The normalized spacial score (nSPS) is 10.2. The van der Waals surface area contributed by atoms with Gasteiger partial charge in [-0.05, 0) is 24.6 Å². The molecular weight excluding hydrogens is 332 g/mol. The topological polar surface area (TPSA) is 92.4 Å². The summed E-state index contributed by atoms with van der Waals surface area (Å²) in [6.07, 6.45) is 0.499. The van der Waals surface area contributed by atoms with Crippen LogP contribution in [0.25, 0.3) is 0 Å². The zero-order valence-electron chi connectivity index (χ0n) is 10.2. The van der Waals surface area contributed by atoms with E-state index in [1.54, 1.807) is 6.07 Å². The average molecular weight is 347 g/mol. The van der Waals surface area contributed by atoms with Gasteiger partial charge in [-0.25, -0.2) is 0 Å². The van der Waals surface area contributed by atoms with E-state index < -0.39 is 5.97 Å². The first kappa shape index (κ1) is 15.8. The van der Waals surface area contributed by atoms with Gasteiger partial charge in [-0.2, -0.15) is 0 Å². The van der Waals surface area contributed by atoms with E-state index in [9.17, 15) is 9.59 Å². The number of carboxylic acid groups (broad SMARTS) is 1. The van der Waals surface area contributed by atoms with E-state index in [1.165, 1.54) is 11.8 Å². The fraction of sp³-hybridized carbons (Fsp3) is 0.333. The molecule has 0 saturated carbocycles. The number of nitrogens with two attached hydrogens (primary N) is 1. The van der Waals surface area contributed by atoms with Gasteiger partial charge in [0.15, 0.2) is 0 Å². The molecule has 0 fully saturated rings. The van der Waals surface area contributed by atoms with Crippen molar-refractivity contribution in [1.29, 1.82) is 0 Å². The van der Waals surface area contributed by atoms with Gasteiger partial charge in [0.1, 0.15) is 0 Å². The number of anilines is 1. The van der Waals surface area contributed by atoms with E-state index in [2.05, 4.69) is 21.2 Å². The van der Waals surface area contributed by atoms with Crippen molar-refractivity contribution in [2.45, 2.75) is 17.7 Å². The number of hydrogen-bond donors (Lipinski definition) is 3. The summed E-state index contributed by atoms with van der Waals surface area (Å²) in [5.74, 6) is -0.720. The van der Waals surface area contributed by atoms with Crippen molar-refractivity contribution in [1.82, 2.24) is 5.32 Å². The van der Waals surface area contributed by atoms with Gasteiger partial charge in [0.25, 0.3) is 0 Å². The first-order valence-electron chi connectivity index (χ1n) is 5.65. The fourth-order valence-electron chi connectivity index (χ4n) is 1.31. The average Bonchev–Trinajstić information content (AvgIpc) is 2.33. The summed E-state index contributed by atoms with van der Waals surface area (Å²) < 4.78 is 0.896. The standard InChI is InChI=1S/C12H15BrN2O3S/c13-8-3-4-10(9(14)6-8)19-7-11(16)15-5-1-2-12(17)18/h3-4,6H,1-2,5,7,14H2,(H,15,16)(H,17,18). The van der Waals surface area contributed by atoms with E-state index in [0.717, 1.165) is 9.37 Å². The van der Waals surface area contributed by atoms with Crippen LogP contribution in [0.1, 0.15) is 12.8 Å². The maximum Gasteiger partial charge on any atom is 0.303 e. The van der Waals surface area contributed by atoms with E-state index in [4.69, 9.17) is 10.8 Å². The Morgan fingerprint density at radius 1 is 1.42 bits per heavy atom. The van der Waals surface area contributed by atoms with Crippen LogP contribution in [0.4, 0.5) is 5.69 Å². The Bertz CT molecular complexity index is 468. The van der Waals surface area contributed by atoms with Crippen molar-refractivity contribution in [3.63, 3.8) is 0 Å². The van der Waals surface area contributed by atoms with E-state index in [-0.39, 0.29) is 18.1 Å². The molecule has 104 valence electrons. The molecule has 0 heterocycles. The highest BCUT2D eigenvalue weighted by molar-refractivity contribution is 9.10. The summed E-state index contributed by atoms with van der Waals surface area (Å²) in [6.45, 7) is 0.377. The Hall–Kier alpha value is -1.21. The molecule has 1 aromatic rings. The van der Waals surface area contributed by atoms with Crippen molar-refractivity contribution in [2.24, 2.45) is 0 Å². The molecule has 19 heavy (non-hydrogen) atoms. The van der Waals surface area contributed by atoms with Crippen molar-refractivity contribution < 1.29 is 14.7 Å². The van der Waals surface area contributed by atoms with E-state index in [0.29, 0.717) is 18.7 Å². The lowest BCUT2D eigenvalue weighted by molar-refractivity contribution is -0.137. The van der Waals surface area contributed by atoms with Gasteiger partial charge in [0.2, 0.25) is 5.91 Å². The second-order valence-electron chi connectivity index (χ2n) is 3.82. The van der Waals surface area contributed by atoms with Crippen LogP contribution in [-0.2, 0) is 9.59 Å². The second kappa shape index (κ2) is 8.06. The third-order valence-electron chi connectivity index (χ3n) is 2.22. The lowest BCUT2D eigenvalue weighted by atomic mass is 10.3. The highest BCUT2D eigenvalue weighted by Crippen LogP contribution is 2.27. The van der Waals surface area contributed by atoms with Crippen molar-refractivity contribution in [3.05, 3.63) is 22.7 Å². The maximum atomic E-state index is 11.5. The molecule has 0 atom stereocenters. The number of thioether (sulfide) groups is 1. The summed E-state index contributed by atoms with van der Waals surface area (Å²) in [7, 11) is 0. The summed E-state index contributed by atoms with van der Waals surface area (Å²) in [5, 5.41) is 11.1. The van der Waals surface area contributed by atoms with Crippen LogP contribution in [0, 0.1) is 0 Å². The van der Waals surface area contributed by atoms with Crippen LogP contribution in [0.15, 0.2) is 27.6 Å². The Morgan fingerprint density at radius 2 is 2.16 bits per heavy atom. The number of nitrogens with one attached hydrogen (secondary N) is 1. The number of carbonyl (C=O) groups excluding carboxylic acids is 1. The van der Waals surface area contributed by atoms with Crippen LogP contribution in [0.5, 0.6) is 0 Å². The molecule has 1 amide bonds. The van der Waals surface area contributed by atoms with Crippen molar-refractivity contribution in [3.8, 4) is 0 Å². The molecular formula is C12H15BrN2O3S. The van der Waals surface area contributed by atoms with Gasteiger partial charge in [0, 0.05) is 28.0 Å². The number of nitrogen functional groups attached to an aromatic ring is 1. The molecule has 0 spiro atoms. The van der Waals surface area contributed by atoms with Crippen molar-refractivity contribution in [2.75, 3.05) is 18.0 Å². The van der Waals surface area contributed by atoms with E-state index in [1.807, 2.05) is 12.1 Å². The molecule has 0 bridgehead atoms. The second-order valence-corrected chi connectivity index (χ2v) is 5.75. The number of carbonyl (C=O) groups is 2. The predicted molar refractivity (Wildman–Crippen MR) is 79.2 cm³/mol. The Morgan fingerprint density at radius 3 is 2.79 bits per heavy atom. The molecule has 1 aromatic carbocycles. The number of hydrogen-bond acceptors (Lipinski definition) is 4. The molecule has 0 aliphatic carbocycles. The number of amides is 1. The molecule has 0 aliphatic rings. The maximum absolute atomic E-state index is 11.5. The van der Waals surface area contributed by atoms with E-state index >= 15 is 0 Å². The van der Waals surface area contributed by atoms with Gasteiger partial charge < -0.3 is 16.2 Å². The highest BCUT2D eigenvalue weighted by Gasteiger charge is 2.06. The van der Waals surface area contributed by atoms with Crippen LogP contribution < -0.4 is 11.1 Å². The van der Waals surface area contributed by atoms with Crippen LogP contribution in [0.2, 0.25) is 0 Å². The molecule has 4 N–H and O–H groups in total. The molecule has 0 unspecified atom stereocenters. The number of rotatable bonds is 7. The summed E-state index contributed by atoms with van der Waals surface area (Å²) in [4.78, 5) is 22.6. The molecule has 5 nitrogen and oxygen atoms in total.